The minimum Gasteiger partial charge on any atom is -0.0617 e. The lowest BCUT2D eigenvalue weighted by Crippen LogP contribution is -1.92. The molecule has 2 aromatic carbocycles. The molecule has 0 aliphatic carbocycles. The molecule has 0 saturated heterocycles. The van der Waals surface area contributed by atoms with E-state index in [0.717, 1.165) is 0 Å². The molecule has 1 atom stereocenters. The standard InChI is InChI=1S/C14H15/c1-3-11(2)13-10-6-8-12-7-4-5-9-14(12)13/h3-11H,1-2H3/t11-/m1/s1. The predicted octanol–water partition coefficient (Wildman–Crippen LogP) is 4.17. The van der Waals surface area contributed by atoms with Gasteiger partial charge in [0.1, 0.15) is 0 Å². The Balaban J connectivity index is 2.65. The Morgan fingerprint density at radius 2 is 1.71 bits per heavy atom. The van der Waals surface area contributed by atoms with Crippen molar-refractivity contribution in [1.82, 2.24) is 0 Å². The van der Waals surface area contributed by atoms with Crippen molar-refractivity contribution >= 4 is 10.8 Å². The van der Waals surface area contributed by atoms with Crippen molar-refractivity contribution in [3.8, 4) is 0 Å². The van der Waals surface area contributed by atoms with Crippen LogP contribution in [0.15, 0.2) is 42.5 Å². The molecule has 0 saturated carbocycles. The highest BCUT2D eigenvalue weighted by atomic mass is 14.1. The highest BCUT2D eigenvalue weighted by Crippen LogP contribution is 2.26. The van der Waals surface area contributed by atoms with Crippen LogP contribution in [0, 0.1) is 6.42 Å². The topological polar surface area (TPSA) is 0 Å². The summed E-state index contributed by atoms with van der Waals surface area (Å²) in [4.78, 5) is 0. The molecule has 0 heteroatoms. The highest BCUT2D eigenvalue weighted by molar-refractivity contribution is 5.86. The fourth-order valence-electron chi connectivity index (χ4n) is 1.83. The smallest absolute Gasteiger partial charge is 0.0149 e. The van der Waals surface area contributed by atoms with Gasteiger partial charge in [-0.2, -0.15) is 0 Å². The fourth-order valence-corrected chi connectivity index (χ4v) is 1.83. The van der Waals surface area contributed by atoms with E-state index >= 15 is 0 Å². The van der Waals surface area contributed by atoms with Crippen LogP contribution < -0.4 is 0 Å². The second kappa shape index (κ2) is 3.83. The molecule has 0 aliphatic heterocycles. The summed E-state index contributed by atoms with van der Waals surface area (Å²) in [6, 6.07) is 15.1. The van der Waals surface area contributed by atoms with Crippen molar-refractivity contribution in [3.05, 3.63) is 54.4 Å². The Morgan fingerprint density at radius 1 is 1.00 bits per heavy atom. The van der Waals surface area contributed by atoms with Crippen LogP contribution in [0.5, 0.6) is 0 Å². The van der Waals surface area contributed by atoms with Crippen LogP contribution in [0.1, 0.15) is 25.3 Å². The molecule has 0 nitrogen and oxygen atoms in total. The Morgan fingerprint density at radius 3 is 2.50 bits per heavy atom. The molecule has 0 aromatic heterocycles. The molecule has 1 radical (unpaired) electrons. The fraction of sp³-hybridized carbons (Fsp3) is 0.214. The van der Waals surface area contributed by atoms with E-state index in [0.29, 0.717) is 5.92 Å². The van der Waals surface area contributed by atoms with E-state index in [1.54, 1.807) is 0 Å². The lowest BCUT2D eigenvalue weighted by molar-refractivity contribution is 0.897. The van der Waals surface area contributed by atoms with E-state index in [4.69, 9.17) is 0 Å². The van der Waals surface area contributed by atoms with E-state index in [-0.39, 0.29) is 0 Å². The van der Waals surface area contributed by atoms with Gasteiger partial charge in [0.25, 0.3) is 0 Å². The first-order valence-corrected chi connectivity index (χ1v) is 5.10. The number of hydrogen-bond donors (Lipinski definition) is 0. The minimum absolute atomic E-state index is 0.529. The number of hydrogen-bond acceptors (Lipinski definition) is 0. The van der Waals surface area contributed by atoms with Gasteiger partial charge in [-0.05, 0) is 28.7 Å². The molecule has 0 N–H and O–H groups in total. The van der Waals surface area contributed by atoms with Gasteiger partial charge in [0.15, 0.2) is 0 Å². The molecular formula is C14H15. The monoisotopic (exact) mass is 183 g/mol. The molecular weight excluding hydrogens is 168 g/mol. The van der Waals surface area contributed by atoms with E-state index in [1.165, 1.54) is 16.3 Å². The summed E-state index contributed by atoms with van der Waals surface area (Å²) in [6.45, 7) is 4.36. The molecule has 14 heavy (non-hydrogen) atoms. The van der Waals surface area contributed by atoms with Crippen LogP contribution in [-0.2, 0) is 0 Å². The molecule has 2 rings (SSSR count). The average Bonchev–Trinajstić information content (AvgIpc) is 2.27. The minimum atomic E-state index is 0.529. The molecule has 0 heterocycles. The molecule has 71 valence electrons. The maximum atomic E-state index is 2.24. The van der Waals surface area contributed by atoms with Crippen molar-refractivity contribution in [2.75, 3.05) is 0 Å². The van der Waals surface area contributed by atoms with Crippen LogP contribution in [0.4, 0.5) is 0 Å². The maximum Gasteiger partial charge on any atom is -0.0149 e. The van der Waals surface area contributed by atoms with Gasteiger partial charge >= 0.3 is 0 Å². The highest BCUT2D eigenvalue weighted by Gasteiger charge is 2.06. The van der Waals surface area contributed by atoms with Crippen molar-refractivity contribution in [2.24, 2.45) is 0 Å². The van der Waals surface area contributed by atoms with Crippen molar-refractivity contribution in [3.63, 3.8) is 0 Å². The Kier molecular flexibility index (Phi) is 2.53. The van der Waals surface area contributed by atoms with Crippen LogP contribution in [0.3, 0.4) is 0 Å². The molecule has 2 aromatic rings. The van der Waals surface area contributed by atoms with E-state index in [2.05, 4.69) is 62.7 Å². The summed E-state index contributed by atoms with van der Waals surface area (Å²) in [6.07, 6.45) is 2.24. The van der Waals surface area contributed by atoms with E-state index in [1.807, 2.05) is 0 Å². The quantitative estimate of drug-likeness (QED) is 0.655. The number of fused-ring (bicyclic) bond motifs is 1. The van der Waals surface area contributed by atoms with Gasteiger partial charge in [0.05, 0.1) is 0 Å². The van der Waals surface area contributed by atoms with Crippen LogP contribution in [-0.4, -0.2) is 0 Å². The summed E-state index contributed by atoms with van der Waals surface area (Å²) < 4.78 is 0. The Hall–Kier alpha value is -1.30. The number of benzene rings is 2. The summed E-state index contributed by atoms with van der Waals surface area (Å²) in [5.74, 6) is 0.529. The summed E-state index contributed by atoms with van der Waals surface area (Å²) in [7, 11) is 0. The predicted molar refractivity (Wildman–Crippen MR) is 62.3 cm³/mol. The van der Waals surface area contributed by atoms with Gasteiger partial charge in [-0.25, -0.2) is 0 Å². The summed E-state index contributed by atoms with van der Waals surface area (Å²) >= 11 is 0. The van der Waals surface area contributed by atoms with Crippen LogP contribution in [0.2, 0.25) is 0 Å². The van der Waals surface area contributed by atoms with Crippen LogP contribution in [0.25, 0.3) is 10.8 Å². The van der Waals surface area contributed by atoms with Gasteiger partial charge in [-0.1, -0.05) is 56.3 Å². The second-order valence-electron chi connectivity index (χ2n) is 3.69. The van der Waals surface area contributed by atoms with Gasteiger partial charge in [0, 0.05) is 0 Å². The first-order valence-electron chi connectivity index (χ1n) is 5.10. The lowest BCUT2D eigenvalue weighted by Gasteiger charge is -2.11. The molecule has 0 amide bonds. The van der Waals surface area contributed by atoms with Crippen molar-refractivity contribution < 1.29 is 0 Å². The first-order chi connectivity index (χ1) is 6.83. The lowest BCUT2D eigenvalue weighted by atomic mass is 9.93. The zero-order chi connectivity index (χ0) is 9.97. The third-order valence-electron chi connectivity index (χ3n) is 2.81. The van der Waals surface area contributed by atoms with Gasteiger partial charge in [-0.3, -0.25) is 0 Å². The third kappa shape index (κ3) is 1.52. The maximum absolute atomic E-state index is 2.24. The summed E-state index contributed by atoms with van der Waals surface area (Å²) in [5.41, 5.74) is 1.42. The Bertz CT molecular complexity index is 423. The van der Waals surface area contributed by atoms with Gasteiger partial charge in [-0.15, -0.1) is 0 Å². The van der Waals surface area contributed by atoms with Gasteiger partial charge < -0.3 is 0 Å². The SMILES string of the molecule is C[CH][C@@H](C)c1cccc2ccccc12. The molecule has 0 spiro atoms. The van der Waals surface area contributed by atoms with Gasteiger partial charge in [0.2, 0.25) is 0 Å². The molecule has 0 aliphatic rings. The largest absolute Gasteiger partial charge is 0.0617 e. The van der Waals surface area contributed by atoms with Crippen molar-refractivity contribution in [1.29, 1.82) is 0 Å². The molecule has 0 fully saturated rings. The zero-order valence-corrected chi connectivity index (χ0v) is 8.70. The summed E-state index contributed by atoms with van der Waals surface area (Å²) in [5, 5.41) is 2.71. The van der Waals surface area contributed by atoms with Crippen molar-refractivity contribution in [2.45, 2.75) is 19.8 Å². The molecule has 0 bridgehead atoms. The normalized spacial score (nSPS) is 13.0. The zero-order valence-electron chi connectivity index (χ0n) is 8.70. The second-order valence-corrected chi connectivity index (χ2v) is 3.69. The Labute approximate surface area is 85.6 Å². The third-order valence-corrected chi connectivity index (χ3v) is 2.81. The van der Waals surface area contributed by atoms with E-state index in [9.17, 15) is 0 Å². The van der Waals surface area contributed by atoms with E-state index < -0.39 is 0 Å². The molecule has 0 unspecified atom stereocenters. The average molecular weight is 183 g/mol. The first kappa shape index (κ1) is 9.26. The van der Waals surface area contributed by atoms with Crippen LogP contribution >= 0.6 is 0 Å². The number of rotatable bonds is 2.